The first kappa shape index (κ1) is 12.8. The summed E-state index contributed by atoms with van der Waals surface area (Å²) in [5.41, 5.74) is 3.54. The van der Waals surface area contributed by atoms with Crippen LogP contribution in [-0.2, 0) is 24.1 Å². The van der Waals surface area contributed by atoms with E-state index >= 15 is 0 Å². The number of fused-ring (bicyclic) bond motifs is 1. The first-order valence-corrected chi connectivity index (χ1v) is 7.00. The zero-order valence-electron chi connectivity index (χ0n) is 11.3. The Morgan fingerprint density at radius 3 is 3.25 bits per heavy atom. The summed E-state index contributed by atoms with van der Waals surface area (Å²) < 4.78 is 0. The Kier molecular flexibility index (Phi) is 3.76. The Morgan fingerprint density at radius 2 is 2.40 bits per heavy atom. The second-order valence-corrected chi connectivity index (χ2v) is 5.24. The van der Waals surface area contributed by atoms with Gasteiger partial charge in [0, 0.05) is 37.0 Å². The number of carbonyl (C=O) groups is 1. The third-order valence-corrected chi connectivity index (χ3v) is 3.75. The van der Waals surface area contributed by atoms with Crippen LogP contribution in [0.5, 0.6) is 0 Å². The molecule has 0 saturated carbocycles. The van der Waals surface area contributed by atoms with Crippen LogP contribution in [0.15, 0.2) is 30.7 Å². The second kappa shape index (κ2) is 5.86. The molecule has 0 aliphatic heterocycles. The number of aryl methyl sites for hydroxylation is 2. The molecule has 1 aliphatic carbocycles. The fraction of sp³-hybridized carbons (Fsp3) is 0.400. The van der Waals surface area contributed by atoms with Crippen LogP contribution >= 0.6 is 0 Å². The zero-order chi connectivity index (χ0) is 13.8. The van der Waals surface area contributed by atoms with Crippen LogP contribution in [0.4, 0.5) is 0 Å². The quantitative estimate of drug-likeness (QED) is 0.882. The van der Waals surface area contributed by atoms with E-state index in [0.29, 0.717) is 6.42 Å². The van der Waals surface area contributed by atoms with Crippen LogP contribution in [0.1, 0.15) is 29.7 Å². The van der Waals surface area contributed by atoms with Gasteiger partial charge < -0.3 is 5.32 Å². The van der Waals surface area contributed by atoms with E-state index in [1.807, 2.05) is 24.5 Å². The average molecular weight is 270 g/mol. The SMILES string of the molecule is O=C(CCc1cccnc1)N[C@@H]1CCc2cn[nH]c2C1. The molecule has 104 valence electrons. The van der Waals surface area contributed by atoms with Gasteiger partial charge in [0.05, 0.1) is 6.20 Å². The Labute approximate surface area is 117 Å². The number of rotatable bonds is 4. The molecule has 2 aromatic heterocycles. The number of aromatic amines is 1. The molecule has 2 heterocycles. The maximum Gasteiger partial charge on any atom is 0.220 e. The van der Waals surface area contributed by atoms with E-state index in [0.717, 1.165) is 36.9 Å². The van der Waals surface area contributed by atoms with Gasteiger partial charge in [-0.3, -0.25) is 14.9 Å². The molecular weight excluding hydrogens is 252 g/mol. The fourth-order valence-electron chi connectivity index (χ4n) is 2.64. The summed E-state index contributed by atoms with van der Waals surface area (Å²) in [6.07, 6.45) is 9.52. The highest BCUT2D eigenvalue weighted by atomic mass is 16.1. The van der Waals surface area contributed by atoms with Crippen molar-refractivity contribution in [2.75, 3.05) is 0 Å². The molecule has 0 fully saturated rings. The molecule has 0 unspecified atom stereocenters. The second-order valence-electron chi connectivity index (χ2n) is 5.24. The maximum atomic E-state index is 12.0. The fourth-order valence-corrected chi connectivity index (χ4v) is 2.64. The Morgan fingerprint density at radius 1 is 1.45 bits per heavy atom. The van der Waals surface area contributed by atoms with Gasteiger partial charge in [-0.1, -0.05) is 6.07 Å². The van der Waals surface area contributed by atoms with Crippen LogP contribution in [0.3, 0.4) is 0 Å². The van der Waals surface area contributed by atoms with Crippen molar-refractivity contribution >= 4 is 5.91 Å². The van der Waals surface area contributed by atoms with Gasteiger partial charge >= 0.3 is 0 Å². The lowest BCUT2D eigenvalue weighted by Crippen LogP contribution is -2.38. The van der Waals surface area contributed by atoms with Gasteiger partial charge in [-0.15, -0.1) is 0 Å². The van der Waals surface area contributed by atoms with E-state index in [1.165, 1.54) is 5.56 Å². The highest BCUT2D eigenvalue weighted by Gasteiger charge is 2.21. The zero-order valence-corrected chi connectivity index (χ0v) is 11.3. The Bertz CT molecular complexity index is 579. The summed E-state index contributed by atoms with van der Waals surface area (Å²) in [6.45, 7) is 0. The average Bonchev–Trinajstić information content (AvgIpc) is 2.94. The molecule has 5 heteroatoms. The number of nitrogens with one attached hydrogen (secondary N) is 2. The van der Waals surface area contributed by atoms with E-state index in [1.54, 1.807) is 6.20 Å². The summed E-state index contributed by atoms with van der Waals surface area (Å²) in [6, 6.07) is 4.12. The van der Waals surface area contributed by atoms with Gasteiger partial charge in [0.15, 0.2) is 0 Å². The molecule has 3 rings (SSSR count). The first-order valence-electron chi connectivity index (χ1n) is 7.00. The number of H-pyrrole nitrogens is 1. The van der Waals surface area contributed by atoms with E-state index in [2.05, 4.69) is 20.5 Å². The molecule has 1 atom stereocenters. The highest BCUT2D eigenvalue weighted by molar-refractivity contribution is 5.76. The molecule has 0 saturated heterocycles. The lowest BCUT2D eigenvalue weighted by atomic mass is 9.93. The van der Waals surface area contributed by atoms with Crippen LogP contribution in [0, 0.1) is 0 Å². The predicted molar refractivity (Wildman–Crippen MR) is 75.1 cm³/mol. The Hall–Kier alpha value is -2.17. The summed E-state index contributed by atoms with van der Waals surface area (Å²) in [5, 5.41) is 10.2. The van der Waals surface area contributed by atoms with Crippen molar-refractivity contribution < 1.29 is 4.79 Å². The van der Waals surface area contributed by atoms with Crippen molar-refractivity contribution in [3.05, 3.63) is 47.5 Å². The molecule has 1 amide bonds. The molecule has 0 bridgehead atoms. The topological polar surface area (TPSA) is 70.7 Å². The van der Waals surface area contributed by atoms with Crippen molar-refractivity contribution in [1.29, 1.82) is 0 Å². The number of pyridine rings is 1. The lowest BCUT2D eigenvalue weighted by molar-refractivity contribution is -0.121. The first-order chi connectivity index (χ1) is 9.81. The molecule has 20 heavy (non-hydrogen) atoms. The third-order valence-electron chi connectivity index (χ3n) is 3.75. The van der Waals surface area contributed by atoms with Gasteiger partial charge in [-0.2, -0.15) is 5.10 Å². The van der Waals surface area contributed by atoms with Crippen LogP contribution in [0.2, 0.25) is 0 Å². The number of carbonyl (C=O) groups excluding carboxylic acids is 1. The van der Waals surface area contributed by atoms with E-state index in [4.69, 9.17) is 0 Å². The number of hydrogen-bond acceptors (Lipinski definition) is 3. The number of nitrogens with zero attached hydrogens (tertiary/aromatic N) is 2. The number of aromatic nitrogens is 3. The predicted octanol–water partition coefficient (Wildman–Crippen LogP) is 1.41. The summed E-state index contributed by atoms with van der Waals surface area (Å²) in [7, 11) is 0. The van der Waals surface area contributed by atoms with Crippen molar-refractivity contribution in [2.45, 2.75) is 38.1 Å². The van der Waals surface area contributed by atoms with Gasteiger partial charge in [0.2, 0.25) is 5.91 Å². The van der Waals surface area contributed by atoms with E-state index in [9.17, 15) is 4.79 Å². The van der Waals surface area contributed by atoms with Crippen molar-refractivity contribution in [2.24, 2.45) is 0 Å². The largest absolute Gasteiger partial charge is 0.353 e. The molecule has 1 aliphatic rings. The minimum Gasteiger partial charge on any atom is -0.353 e. The van der Waals surface area contributed by atoms with Crippen LogP contribution < -0.4 is 5.32 Å². The maximum absolute atomic E-state index is 12.0. The van der Waals surface area contributed by atoms with Gasteiger partial charge in [0.25, 0.3) is 0 Å². The van der Waals surface area contributed by atoms with Gasteiger partial charge in [0.1, 0.15) is 0 Å². The van der Waals surface area contributed by atoms with Gasteiger partial charge in [-0.05, 0) is 36.5 Å². The summed E-state index contributed by atoms with van der Waals surface area (Å²) in [5.74, 6) is 0.113. The standard InChI is InChI=1S/C15H18N4O/c20-15(6-3-11-2-1-7-16-9-11)18-13-5-4-12-10-17-19-14(12)8-13/h1-2,7,9-10,13H,3-6,8H2,(H,17,19)(H,18,20)/t13-/m1/s1. The van der Waals surface area contributed by atoms with Crippen molar-refractivity contribution in [3.63, 3.8) is 0 Å². The highest BCUT2D eigenvalue weighted by Crippen LogP contribution is 2.18. The van der Waals surface area contributed by atoms with E-state index in [-0.39, 0.29) is 11.9 Å². The molecule has 0 radical (unpaired) electrons. The smallest absolute Gasteiger partial charge is 0.220 e. The molecule has 2 N–H and O–H groups in total. The van der Waals surface area contributed by atoms with E-state index < -0.39 is 0 Å². The molecular formula is C15H18N4O. The molecule has 0 aromatic carbocycles. The number of hydrogen-bond donors (Lipinski definition) is 2. The normalized spacial score (nSPS) is 17.5. The monoisotopic (exact) mass is 270 g/mol. The minimum absolute atomic E-state index is 0.113. The lowest BCUT2D eigenvalue weighted by Gasteiger charge is -2.22. The molecule has 2 aromatic rings. The Balaban J connectivity index is 1.48. The van der Waals surface area contributed by atoms with Crippen molar-refractivity contribution in [3.8, 4) is 0 Å². The van der Waals surface area contributed by atoms with Crippen LogP contribution in [0.25, 0.3) is 0 Å². The summed E-state index contributed by atoms with van der Waals surface area (Å²) in [4.78, 5) is 16.0. The minimum atomic E-state index is 0.113. The third kappa shape index (κ3) is 3.04. The number of amides is 1. The van der Waals surface area contributed by atoms with Crippen LogP contribution in [-0.4, -0.2) is 27.1 Å². The molecule has 5 nitrogen and oxygen atoms in total. The summed E-state index contributed by atoms with van der Waals surface area (Å²) >= 11 is 0. The molecule has 0 spiro atoms. The van der Waals surface area contributed by atoms with Gasteiger partial charge in [-0.25, -0.2) is 0 Å². The van der Waals surface area contributed by atoms with Crippen molar-refractivity contribution in [1.82, 2.24) is 20.5 Å².